The maximum absolute atomic E-state index is 5.22. The molecule has 0 saturated carbocycles. The van der Waals surface area contributed by atoms with Gasteiger partial charge >= 0.3 is 0 Å². The van der Waals surface area contributed by atoms with Crippen LogP contribution in [0.2, 0.25) is 0 Å². The minimum Gasteiger partial charge on any atom is -0.383 e. The van der Waals surface area contributed by atoms with Gasteiger partial charge in [-0.2, -0.15) is 0 Å². The van der Waals surface area contributed by atoms with E-state index in [0.717, 1.165) is 22.4 Å². The molecule has 0 aliphatic rings. The van der Waals surface area contributed by atoms with Gasteiger partial charge in [-0.05, 0) is 19.1 Å². The molecule has 1 N–H and O–H groups in total. The van der Waals surface area contributed by atoms with Crippen LogP contribution < -0.4 is 5.32 Å². The van der Waals surface area contributed by atoms with Crippen molar-refractivity contribution in [3.8, 4) is 0 Å². The van der Waals surface area contributed by atoms with Crippen LogP contribution in [0.25, 0.3) is 10.8 Å². The first-order valence-electron chi connectivity index (χ1n) is 6.91. The van der Waals surface area contributed by atoms with E-state index in [1.54, 1.807) is 19.5 Å². The fourth-order valence-electron chi connectivity index (χ4n) is 2.44. The summed E-state index contributed by atoms with van der Waals surface area (Å²) in [6.07, 6.45) is 7.41. The summed E-state index contributed by atoms with van der Waals surface area (Å²) in [5, 5.41) is 5.63. The maximum atomic E-state index is 5.22. The largest absolute Gasteiger partial charge is 0.383 e. The average molecular weight is 282 g/mol. The van der Waals surface area contributed by atoms with Gasteiger partial charge in [0.1, 0.15) is 0 Å². The molecule has 0 aliphatic heterocycles. The van der Waals surface area contributed by atoms with Crippen LogP contribution in [0.3, 0.4) is 0 Å². The Balaban J connectivity index is 1.94. The van der Waals surface area contributed by atoms with Crippen molar-refractivity contribution >= 4 is 22.4 Å². The first-order chi connectivity index (χ1) is 10.3. The van der Waals surface area contributed by atoms with Gasteiger partial charge in [0.15, 0.2) is 0 Å². The highest BCUT2D eigenvalue weighted by atomic mass is 16.5. The number of fused-ring (bicyclic) bond motifs is 1. The molecule has 21 heavy (non-hydrogen) atoms. The van der Waals surface area contributed by atoms with Gasteiger partial charge < -0.3 is 14.6 Å². The molecule has 0 spiro atoms. The highest BCUT2D eigenvalue weighted by Gasteiger charge is 2.11. The smallest absolute Gasteiger partial charge is 0.207 e. The number of benzene rings is 1. The van der Waals surface area contributed by atoms with Gasteiger partial charge in [0.05, 0.1) is 12.6 Å². The lowest BCUT2D eigenvalue weighted by atomic mass is 10.1. The molecule has 3 aromatic rings. The van der Waals surface area contributed by atoms with Crippen LogP contribution in [-0.2, 0) is 4.74 Å². The van der Waals surface area contributed by atoms with Crippen LogP contribution in [0.4, 0.5) is 11.6 Å². The minimum absolute atomic E-state index is 0.219. The Bertz CT molecular complexity index is 732. The molecule has 1 aromatic carbocycles. The maximum Gasteiger partial charge on any atom is 0.207 e. The van der Waals surface area contributed by atoms with Crippen LogP contribution >= 0.6 is 0 Å². The number of hydrogen-bond donors (Lipinski definition) is 1. The van der Waals surface area contributed by atoms with Crippen molar-refractivity contribution in [3.63, 3.8) is 0 Å². The van der Waals surface area contributed by atoms with E-state index in [1.165, 1.54) is 0 Å². The molecule has 0 bridgehead atoms. The second-order valence-corrected chi connectivity index (χ2v) is 4.99. The Labute approximate surface area is 123 Å². The van der Waals surface area contributed by atoms with Gasteiger partial charge in [-0.25, -0.2) is 4.98 Å². The molecule has 0 amide bonds. The quantitative estimate of drug-likeness (QED) is 0.779. The van der Waals surface area contributed by atoms with Gasteiger partial charge in [-0.15, -0.1) is 0 Å². The van der Waals surface area contributed by atoms with Crippen LogP contribution in [0, 0.1) is 0 Å². The van der Waals surface area contributed by atoms with E-state index >= 15 is 0 Å². The van der Waals surface area contributed by atoms with Crippen LogP contribution in [0.15, 0.2) is 49.1 Å². The molecule has 5 nitrogen and oxygen atoms in total. The monoisotopic (exact) mass is 282 g/mol. The van der Waals surface area contributed by atoms with Gasteiger partial charge in [0, 0.05) is 48.4 Å². The SMILES string of the molecule is COCC(C)n1ccnc1Nc1cccc2cnccc12. The zero-order valence-corrected chi connectivity index (χ0v) is 12.2. The van der Waals surface area contributed by atoms with Crippen LogP contribution in [-0.4, -0.2) is 28.3 Å². The molecule has 5 heteroatoms. The Kier molecular flexibility index (Phi) is 3.83. The average Bonchev–Trinajstić information content (AvgIpc) is 2.96. The van der Waals surface area contributed by atoms with Gasteiger partial charge in [0.25, 0.3) is 0 Å². The van der Waals surface area contributed by atoms with Crippen molar-refractivity contribution < 1.29 is 4.74 Å². The van der Waals surface area contributed by atoms with E-state index in [1.807, 2.05) is 36.7 Å². The summed E-state index contributed by atoms with van der Waals surface area (Å²) in [4.78, 5) is 8.56. The number of hydrogen-bond acceptors (Lipinski definition) is 4. The van der Waals surface area contributed by atoms with Crippen molar-refractivity contribution in [3.05, 3.63) is 49.1 Å². The summed E-state index contributed by atoms with van der Waals surface area (Å²) in [6, 6.07) is 8.33. The summed E-state index contributed by atoms with van der Waals surface area (Å²) in [5.74, 6) is 0.809. The van der Waals surface area contributed by atoms with Crippen LogP contribution in [0.5, 0.6) is 0 Å². The van der Waals surface area contributed by atoms with Crippen molar-refractivity contribution in [2.75, 3.05) is 19.0 Å². The Morgan fingerprint density at radius 1 is 1.29 bits per heavy atom. The predicted molar refractivity (Wildman–Crippen MR) is 83.8 cm³/mol. The third-order valence-electron chi connectivity index (χ3n) is 3.48. The summed E-state index contributed by atoms with van der Waals surface area (Å²) in [7, 11) is 1.71. The van der Waals surface area contributed by atoms with E-state index < -0.39 is 0 Å². The lowest BCUT2D eigenvalue weighted by molar-refractivity contribution is 0.163. The third-order valence-corrected chi connectivity index (χ3v) is 3.48. The predicted octanol–water partition coefficient (Wildman–Crippen LogP) is 3.38. The van der Waals surface area contributed by atoms with E-state index in [9.17, 15) is 0 Å². The summed E-state index contributed by atoms with van der Waals surface area (Å²) < 4.78 is 7.29. The molecule has 2 heterocycles. The number of imidazole rings is 1. The van der Waals surface area contributed by atoms with E-state index in [-0.39, 0.29) is 6.04 Å². The zero-order chi connectivity index (χ0) is 14.7. The first-order valence-corrected chi connectivity index (χ1v) is 6.91. The molecule has 108 valence electrons. The number of ether oxygens (including phenoxy) is 1. The first kappa shape index (κ1) is 13.6. The third kappa shape index (κ3) is 2.73. The minimum atomic E-state index is 0.219. The highest BCUT2D eigenvalue weighted by Crippen LogP contribution is 2.26. The second kappa shape index (κ2) is 5.93. The summed E-state index contributed by atoms with van der Waals surface area (Å²) >= 11 is 0. The Morgan fingerprint density at radius 2 is 2.19 bits per heavy atom. The van der Waals surface area contributed by atoms with E-state index in [4.69, 9.17) is 4.74 Å². The topological polar surface area (TPSA) is 52.0 Å². The van der Waals surface area contributed by atoms with Gasteiger partial charge in [0.2, 0.25) is 5.95 Å². The second-order valence-electron chi connectivity index (χ2n) is 4.99. The van der Waals surface area contributed by atoms with Gasteiger partial charge in [-0.3, -0.25) is 4.98 Å². The highest BCUT2D eigenvalue weighted by molar-refractivity contribution is 5.94. The van der Waals surface area contributed by atoms with Crippen molar-refractivity contribution in [2.24, 2.45) is 0 Å². The molecule has 3 rings (SSSR count). The van der Waals surface area contributed by atoms with Gasteiger partial charge in [-0.1, -0.05) is 12.1 Å². The molecular weight excluding hydrogens is 264 g/mol. The molecule has 0 radical (unpaired) electrons. The van der Waals surface area contributed by atoms with E-state index in [0.29, 0.717) is 6.61 Å². The Hall–Kier alpha value is -2.40. The van der Waals surface area contributed by atoms with Crippen molar-refractivity contribution in [1.29, 1.82) is 0 Å². The number of rotatable bonds is 5. The number of nitrogens with one attached hydrogen (secondary N) is 1. The fraction of sp³-hybridized carbons (Fsp3) is 0.250. The van der Waals surface area contributed by atoms with Crippen molar-refractivity contribution in [2.45, 2.75) is 13.0 Å². The molecule has 0 aliphatic carbocycles. The van der Waals surface area contributed by atoms with Crippen LogP contribution in [0.1, 0.15) is 13.0 Å². The lowest BCUT2D eigenvalue weighted by Crippen LogP contribution is -2.12. The zero-order valence-electron chi connectivity index (χ0n) is 12.2. The molecule has 2 aromatic heterocycles. The number of pyridine rings is 1. The number of aromatic nitrogens is 3. The Morgan fingerprint density at radius 3 is 3.05 bits per heavy atom. The number of anilines is 2. The lowest BCUT2D eigenvalue weighted by Gasteiger charge is -2.16. The summed E-state index contributed by atoms with van der Waals surface area (Å²) in [5.41, 5.74) is 1.02. The molecule has 0 fully saturated rings. The van der Waals surface area contributed by atoms with Crippen molar-refractivity contribution in [1.82, 2.24) is 14.5 Å². The summed E-state index contributed by atoms with van der Waals surface area (Å²) in [6.45, 7) is 2.74. The molecule has 1 atom stereocenters. The standard InChI is InChI=1S/C16H18N4O/c1-12(11-21-2)20-9-8-18-16(20)19-15-5-3-4-13-10-17-7-6-14(13)15/h3-10,12H,11H2,1-2H3,(H,18,19). The molecular formula is C16H18N4O. The molecule has 1 unspecified atom stereocenters. The van der Waals surface area contributed by atoms with E-state index in [2.05, 4.69) is 26.8 Å². The number of nitrogens with zero attached hydrogens (tertiary/aromatic N) is 3. The number of methoxy groups -OCH3 is 1. The molecule has 0 saturated heterocycles. The normalized spacial score (nSPS) is 12.5. The fourth-order valence-corrected chi connectivity index (χ4v) is 2.44.